The molecule has 0 aliphatic carbocycles. The van der Waals surface area contributed by atoms with E-state index in [9.17, 15) is 8.78 Å². The van der Waals surface area contributed by atoms with Gasteiger partial charge in [0.05, 0.1) is 0 Å². The molecule has 1 aromatic carbocycles. The fourth-order valence-electron chi connectivity index (χ4n) is 1.85. The van der Waals surface area contributed by atoms with Crippen molar-refractivity contribution in [2.24, 2.45) is 0 Å². The van der Waals surface area contributed by atoms with Crippen molar-refractivity contribution in [1.29, 1.82) is 0 Å². The minimum Gasteiger partial charge on any atom is -0.372 e. The maximum atomic E-state index is 13.0. The zero-order valence-electron chi connectivity index (χ0n) is 8.47. The Morgan fingerprint density at radius 2 is 1.80 bits per heavy atom. The molecule has 0 aromatic heterocycles. The van der Waals surface area contributed by atoms with Gasteiger partial charge in [0.15, 0.2) is 11.6 Å². The van der Waals surface area contributed by atoms with Crippen LogP contribution >= 0.6 is 0 Å². The summed E-state index contributed by atoms with van der Waals surface area (Å²) in [6, 6.07) is 3.92. The molecule has 0 saturated carbocycles. The first kappa shape index (κ1) is 10.1. The van der Waals surface area contributed by atoms with Crippen LogP contribution in [0.15, 0.2) is 24.8 Å². The van der Waals surface area contributed by atoms with Gasteiger partial charge in [0.1, 0.15) is 0 Å². The van der Waals surface area contributed by atoms with Crippen LogP contribution in [0.1, 0.15) is 18.4 Å². The molecule has 3 heteroatoms. The largest absolute Gasteiger partial charge is 0.372 e. The summed E-state index contributed by atoms with van der Waals surface area (Å²) in [6.45, 7) is 5.83. The Bertz CT molecular complexity index is 381. The number of benzene rings is 1. The highest BCUT2D eigenvalue weighted by Gasteiger charge is 2.15. The molecule has 1 fully saturated rings. The molecule has 0 unspecified atom stereocenters. The standard InChI is InChI=1S/C12H13F2N/c1-9(15-6-2-3-7-15)10-4-5-11(13)12(14)8-10/h4-5,8H,1-3,6-7H2. The summed E-state index contributed by atoms with van der Waals surface area (Å²) in [7, 11) is 0. The van der Waals surface area contributed by atoms with Gasteiger partial charge in [-0.25, -0.2) is 8.78 Å². The first-order valence-electron chi connectivity index (χ1n) is 5.08. The van der Waals surface area contributed by atoms with Crippen molar-refractivity contribution in [3.05, 3.63) is 42.0 Å². The summed E-state index contributed by atoms with van der Waals surface area (Å²) in [6.07, 6.45) is 2.28. The Balaban J connectivity index is 2.21. The van der Waals surface area contributed by atoms with Crippen LogP contribution in [0, 0.1) is 11.6 Å². The molecule has 1 aliphatic rings. The van der Waals surface area contributed by atoms with Crippen LogP contribution in [-0.2, 0) is 0 Å². The molecule has 1 heterocycles. The van der Waals surface area contributed by atoms with Gasteiger partial charge in [0, 0.05) is 24.4 Å². The molecule has 1 saturated heterocycles. The zero-order chi connectivity index (χ0) is 10.8. The second-order valence-corrected chi connectivity index (χ2v) is 3.77. The van der Waals surface area contributed by atoms with E-state index in [2.05, 4.69) is 11.5 Å². The van der Waals surface area contributed by atoms with Crippen molar-refractivity contribution in [3.8, 4) is 0 Å². The zero-order valence-corrected chi connectivity index (χ0v) is 8.47. The van der Waals surface area contributed by atoms with Gasteiger partial charge in [-0.15, -0.1) is 0 Å². The van der Waals surface area contributed by atoms with E-state index in [1.165, 1.54) is 6.07 Å². The van der Waals surface area contributed by atoms with E-state index in [0.717, 1.165) is 37.7 Å². The third kappa shape index (κ3) is 2.01. The Labute approximate surface area is 88.0 Å². The van der Waals surface area contributed by atoms with Gasteiger partial charge >= 0.3 is 0 Å². The number of hydrogen-bond donors (Lipinski definition) is 0. The Kier molecular flexibility index (Phi) is 2.71. The average molecular weight is 209 g/mol. The van der Waals surface area contributed by atoms with Crippen LogP contribution < -0.4 is 0 Å². The Morgan fingerprint density at radius 1 is 1.13 bits per heavy atom. The van der Waals surface area contributed by atoms with Gasteiger partial charge in [0.2, 0.25) is 0 Å². The van der Waals surface area contributed by atoms with Gasteiger partial charge in [-0.1, -0.05) is 6.58 Å². The highest BCUT2D eigenvalue weighted by molar-refractivity contribution is 5.62. The van der Waals surface area contributed by atoms with Crippen LogP contribution in [0.4, 0.5) is 8.78 Å². The van der Waals surface area contributed by atoms with E-state index in [-0.39, 0.29) is 0 Å². The summed E-state index contributed by atoms with van der Waals surface area (Å²) in [5.74, 6) is -1.62. The van der Waals surface area contributed by atoms with Crippen LogP contribution in [0.3, 0.4) is 0 Å². The number of nitrogens with zero attached hydrogens (tertiary/aromatic N) is 1. The Morgan fingerprint density at radius 3 is 2.40 bits per heavy atom. The molecular formula is C12H13F2N. The quantitative estimate of drug-likeness (QED) is 0.723. The van der Waals surface area contributed by atoms with Crippen molar-refractivity contribution in [2.45, 2.75) is 12.8 Å². The van der Waals surface area contributed by atoms with E-state index >= 15 is 0 Å². The monoisotopic (exact) mass is 209 g/mol. The molecule has 0 N–H and O–H groups in total. The van der Waals surface area contributed by atoms with Gasteiger partial charge in [-0.05, 0) is 31.0 Å². The smallest absolute Gasteiger partial charge is 0.159 e. The summed E-state index contributed by atoms with van der Waals surface area (Å²) < 4.78 is 25.7. The van der Waals surface area contributed by atoms with Gasteiger partial charge in [0.25, 0.3) is 0 Å². The number of hydrogen-bond acceptors (Lipinski definition) is 1. The van der Waals surface area contributed by atoms with Crippen LogP contribution in [0.25, 0.3) is 5.70 Å². The van der Waals surface area contributed by atoms with Crippen LogP contribution in [-0.4, -0.2) is 18.0 Å². The lowest BCUT2D eigenvalue weighted by Crippen LogP contribution is -2.16. The van der Waals surface area contributed by atoms with E-state index in [4.69, 9.17) is 0 Å². The van der Waals surface area contributed by atoms with Crippen LogP contribution in [0.5, 0.6) is 0 Å². The molecule has 1 aliphatic heterocycles. The highest BCUT2D eigenvalue weighted by atomic mass is 19.2. The van der Waals surface area contributed by atoms with Gasteiger partial charge in [-0.2, -0.15) is 0 Å². The van der Waals surface area contributed by atoms with Crippen molar-refractivity contribution >= 4 is 5.70 Å². The van der Waals surface area contributed by atoms with Crippen molar-refractivity contribution < 1.29 is 8.78 Å². The number of halogens is 2. The van der Waals surface area contributed by atoms with E-state index in [1.54, 1.807) is 6.07 Å². The normalized spacial score (nSPS) is 15.7. The third-order valence-corrected chi connectivity index (χ3v) is 2.74. The van der Waals surface area contributed by atoms with E-state index in [1.807, 2.05) is 0 Å². The predicted octanol–water partition coefficient (Wildman–Crippen LogP) is 3.03. The molecule has 2 rings (SSSR count). The predicted molar refractivity (Wildman–Crippen MR) is 56.2 cm³/mol. The molecule has 0 amide bonds. The number of rotatable bonds is 2. The summed E-state index contributed by atoms with van der Waals surface area (Å²) >= 11 is 0. The van der Waals surface area contributed by atoms with Crippen LogP contribution in [0.2, 0.25) is 0 Å². The van der Waals surface area contributed by atoms with Crippen molar-refractivity contribution in [2.75, 3.05) is 13.1 Å². The van der Waals surface area contributed by atoms with E-state index in [0.29, 0.717) is 5.56 Å². The fraction of sp³-hybridized carbons (Fsp3) is 0.333. The van der Waals surface area contributed by atoms with Crippen molar-refractivity contribution in [1.82, 2.24) is 4.90 Å². The van der Waals surface area contributed by atoms with Crippen molar-refractivity contribution in [3.63, 3.8) is 0 Å². The van der Waals surface area contributed by atoms with E-state index < -0.39 is 11.6 Å². The maximum Gasteiger partial charge on any atom is 0.159 e. The second-order valence-electron chi connectivity index (χ2n) is 3.77. The molecule has 1 aromatic rings. The third-order valence-electron chi connectivity index (χ3n) is 2.74. The first-order valence-corrected chi connectivity index (χ1v) is 5.08. The molecule has 0 bridgehead atoms. The molecule has 0 spiro atoms. The minimum absolute atomic E-state index is 0.663. The van der Waals surface area contributed by atoms with Gasteiger partial charge < -0.3 is 4.90 Å². The summed E-state index contributed by atoms with van der Waals surface area (Å²) in [4.78, 5) is 2.10. The highest BCUT2D eigenvalue weighted by Crippen LogP contribution is 2.23. The summed E-state index contributed by atoms with van der Waals surface area (Å²) in [5, 5.41) is 0. The topological polar surface area (TPSA) is 3.24 Å². The minimum atomic E-state index is -0.812. The van der Waals surface area contributed by atoms with Gasteiger partial charge in [-0.3, -0.25) is 0 Å². The fourth-order valence-corrected chi connectivity index (χ4v) is 1.85. The SMILES string of the molecule is C=C(c1ccc(F)c(F)c1)N1CCCC1. The number of likely N-dealkylation sites (tertiary alicyclic amines) is 1. The first-order chi connectivity index (χ1) is 7.18. The summed E-state index contributed by atoms with van der Waals surface area (Å²) in [5.41, 5.74) is 1.45. The lowest BCUT2D eigenvalue weighted by atomic mass is 10.1. The molecular weight excluding hydrogens is 196 g/mol. The molecule has 0 atom stereocenters. The molecule has 0 radical (unpaired) electrons. The molecule has 1 nitrogen and oxygen atoms in total. The Hall–Kier alpha value is -1.38. The maximum absolute atomic E-state index is 13.0. The average Bonchev–Trinajstić information content (AvgIpc) is 2.74. The molecule has 15 heavy (non-hydrogen) atoms. The lowest BCUT2D eigenvalue weighted by molar-refractivity contribution is 0.489. The second kappa shape index (κ2) is 4.01. The molecule has 80 valence electrons. The lowest BCUT2D eigenvalue weighted by Gasteiger charge is -2.20.